The third-order valence-corrected chi connectivity index (χ3v) is 12.7. The largest absolute Gasteiger partial charge is 0.496 e. The minimum Gasteiger partial charge on any atom is -0.496 e. The van der Waals surface area contributed by atoms with Crippen molar-refractivity contribution in [1.29, 1.82) is 0 Å². The maximum atomic E-state index is 14.7. The minimum absolute atomic E-state index is 0.0553. The first-order valence-electron chi connectivity index (χ1n) is 18.9. The molecule has 0 spiro atoms. The normalized spacial score (nSPS) is 26.8. The van der Waals surface area contributed by atoms with Crippen LogP contribution in [0.4, 0.5) is 10.6 Å². The number of aryl methyl sites for hydroxylation is 1. The molecule has 0 N–H and O–H groups in total. The Kier molecular flexibility index (Phi) is 9.67. The molecule has 5 fully saturated rings. The molecule has 2 bridgehead atoms. The van der Waals surface area contributed by atoms with E-state index in [4.69, 9.17) is 19.2 Å². The summed E-state index contributed by atoms with van der Waals surface area (Å²) in [7, 11) is 3.41. The number of benzene rings is 1. The molecule has 1 aromatic carbocycles. The number of likely N-dealkylation sites (tertiary alicyclic amines) is 1. The number of fused-ring (bicyclic) bond motifs is 3. The van der Waals surface area contributed by atoms with Gasteiger partial charge in [-0.1, -0.05) is 12.1 Å². The highest BCUT2D eigenvalue weighted by Gasteiger charge is 2.51. The molecule has 4 aliphatic carbocycles. The Morgan fingerprint density at radius 2 is 1.67 bits per heavy atom. The average Bonchev–Trinajstić information content (AvgIpc) is 3.65. The van der Waals surface area contributed by atoms with E-state index in [1.807, 2.05) is 35.0 Å². The molecule has 3 heterocycles. The van der Waals surface area contributed by atoms with Crippen LogP contribution >= 0.6 is 0 Å². The second kappa shape index (κ2) is 13.9. The molecule has 10 heteroatoms. The van der Waals surface area contributed by atoms with Crippen molar-refractivity contribution < 1.29 is 23.8 Å². The van der Waals surface area contributed by atoms with Crippen molar-refractivity contribution in [3.8, 4) is 16.9 Å². The molecule has 5 aliphatic rings. The van der Waals surface area contributed by atoms with E-state index in [1.165, 1.54) is 11.1 Å². The van der Waals surface area contributed by atoms with Crippen LogP contribution in [-0.2, 0) is 19.7 Å². The monoisotopic (exact) mass is 697 g/mol. The van der Waals surface area contributed by atoms with Crippen molar-refractivity contribution >= 4 is 17.8 Å². The summed E-state index contributed by atoms with van der Waals surface area (Å²) in [6.07, 6.45) is 14.7. The predicted molar refractivity (Wildman–Crippen MR) is 197 cm³/mol. The number of hydrogen-bond acceptors (Lipinski definition) is 7. The van der Waals surface area contributed by atoms with Crippen molar-refractivity contribution in [2.75, 3.05) is 38.8 Å². The van der Waals surface area contributed by atoms with Gasteiger partial charge in [0.1, 0.15) is 23.3 Å². The Balaban J connectivity index is 1.08. The summed E-state index contributed by atoms with van der Waals surface area (Å²) < 4.78 is 18.9. The highest BCUT2D eigenvalue weighted by molar-refractivity contribution is 5.95. The lowest BCUT2D eigenvalue weighted by atomic mass is 9.51. The summed E-state index contributed by atoms with van der Waals surface area (Å²) >= 11 is 0. The molecular weight excluding hydrogens is 642 g/mol. The molecule has 2 amide bonds. The molecule has 51 heavy (non-hydrogen) atoms. The third kappa shape index (κ3) is 7.00. The van der Waals surface area contributed by atoms with E-state index in [2.05, 4.69) is 56.3 Å². The number of ether oxygens (including phenoxy) is 3. The average molecular weight is 698 g/mol. The zero-order valence-corrected chi connectivity index (χ0v) is 31.3. The highest BCUT2D eigenvalue weighted by Crippen LogP contribution is 2.58. The number of pyridine rings is 1. The Morgan fingerprint density at radius 1 is 0.961 bits per heavy atom. The van der Waals surface area contributed by atoms with Crippen LogP contribution < -0.4 is 9.64 Å². The summed E-state index contributed by atoms with van der Waals surface area (Å²) in [5.41, 5.74) is 4.60. The van der Waals surface area contributed by atoms with Gasteiger partial charge in [0.15, 0.2) is 0 Å². The maximum absolute atomic E-state index is 14.7. The van der Waals surface area contributed by atoms with Gasteiger partial charge in [0.05, 0.1) is 26.4 Å². The molecule has 274 valence electrons. The molecule has 0 unspecified atom stereocenters. The van der Waals surface area contributed by atoms with Gasteiger partial charge in [0.25, 0.3) is 0 Å². The van der Waals surface area contributed by atoms with E-state index < -0.39 is 0 Å². The third-order valence-electron chi connectivity index (χ3n) is 12.7. The fraction of sp³-hybridized carbons (Fsp3) is 0.610. The van der Waals surface area contributed by atoms with Crippen LogP contribution in [0.3, 0.4) is 0 Å². The molecule has 4 saturated carbocycles. The van der Waals surface area contributed by atoms with Crippen molar-refractivity contribution in [3.63, 3.8) is 0 Å². The molecule has 10 nitrogen and oxygen atoms in total. The Hall–Kier alpha value is -3.92. The first-order valence-corrected chi connectivity index (χ1v) is 18.9. The van der Waals surface area contributed by atoms with E-state index in [-0.39, 0.29) is 46.5 Å². The van der Waals surface area contributed by atoms with E-state index in [0.717, 1.165) is 55.4 Å². The number of amides is 2. The summed E-state index contributed by atoms with van der Waals surface area (Å²) in [6.45, 7) is 10.1. The Labute approximate surface area is 302 Å². The lowest BCUT2D eigenvalue weighted by Gasteiger charge is -2.55. The number of carbonyl (C=O) groups excluding carboxylic acids is 2. The highest BCUT2D eigenvalue weighted by atomic mass is 16.6. The summed E-state index contributed by atoms with van der Waals surface area (Å²) in [5, 5.41) is 4.57. The molecule has 3 aromatic rings. The predicted octanol–water partition coefficient (Wildman–Crippen LogP) is 7.88. The number of methoxy groups -OCH3 is 2. The number of carbonyl (C=O) groups is 2. The van der Waals surface area contributed by atoms with Gasteiger partial charge in [0, 0.05) is 43.6 Å². The summed E-state index contributed by atoms with van der Waals surface area (Å²) in [6, 6.07) is 11.1. The van der Waals surface area contributed by atoms with E-state index in [1.54, 1.807) is 19.1 Å². The maximum Gasteiger partial charge on any atom is 0.410 e. The standard InChI is InChI=1S/C41H55N5O5/c1-28(2)46-24-32(23-43-46)31-13-20-42-36(22-31)45(37(47)30-7-10-34(11-8-30)51-38(48)44-25-39(4,26-44)50-6)27-40-14-17-41(18-15-40,19-16-40)33-9-12-35(49-5)29(3)21-33/h9,12-13,20-24,28,30,34H,7-8,10-11,14-19,25-27H2,1-6H3. The van der Waals surface area contributed by atoms with Crippen molar-refractivity contribution in [2.24, 2.45) is 11.3 Å². The van der Waals surface area contributed by atoms with E-state index in [0.29, 0.717) is 51.1 Å². The van der Waals surface area contributed by atoms with Gasteiger partial charge in [-0.05, 0) is 138 Å². The molecular formula is C41H55N5O5. The summed E-state index contributed by atoms with van der Waals surface area (Å²) in [4.78, 5) is 36.1. The molecule has 2 aromatic heterocycles. The fourth-order valence-corrected chi connectivity index (χ4v) is 9.15. The molecule has 8 rings (SSSR count). The smallest absolute Gasteiger partial charge is 0.410 e. The van der Waals surface area contributed by atoms with Gasteiger partial charge in [0.2, 0.25) is 5.91 Å². The van der Waals surface area contributed by atoms with Crippen LogP contribution in [0.25, 0.3) is 11.1 Å². The van der Waals surface area contributed by atoms with Gasteiger partial charge in [-0.25, -0.2) is 9.78 Å². The number of hydrogen-bond donors (Lipinski definition) is 0. The van der Waals surface area contributed by atoms with Crippen LogP contribution in [0.1, 0.15) is 102 Å². The second-order valence-electron chi connectivity index (χ2n) is 16.5. The number of anilines is 1. The van der Waals surface area contributed by atoms with E-state index in [9.17, 15) is 9.59 Å². The molecule has 0 atom stereocenters. The molecule has 1 aliphatic heterocycles. The number of rotatable bonds is 10. The zero-order chi connectivity index (χ0) is 36.0. The Bertz CT molecular complexity index is 1710. The first kappa shape index (κ1) is 35.5. The second-order valence-corrected chi connectivity index (χ2v) is 16.5. The lowest BCUT2D eigenvalue weighted by Crippen LogP contribution is -2.63. The van der Waals surface area contributed by atoms with Crippen LogP contribution in [-0.4, -0.2) is 77.2 Å². The van der Waals surface area contributed by atoms with Gasteiger partial charge >= 0.3 is 6.09 Å². The van der Waals surface area contributed by atoms with Gasteiger partial charge < -0.3 is 19.1 Å². The zero-order valence-electron chi connectivity index (χ0n) is 31.3. The fourth-order valence-electron chi connectivity index (χ4n) is 9.15. The quantitative estimate of drug-likeness (QED) is 0.213. The van der Waals surface area contributed by atoms with E-state index >= 15 is 0 Å². The van der Waals surface area contributed by atoms with Crippen LogP contribution in [0.2, 0.25) is 0 Å². The number of nitrogens with zero attached hydrogens (tertiary/aromatic N) is 5. The van der Waals surface area contributed by atoms with Gasteiger partial charge in [-0.3, -0.25) is 14.4 Å². The van der Waals surface area contributed by atoms with Crippen LogP contribution in [0, 0.1) is 18.3 Å². The minimum atomic E-state index is -0.292. The van der Waals surface area contributed by atoms with Gasteiger partial charge in [-0.2, -0.15) is 5.10 Å². The van der Waals surface area contributed by atoms with Crippen LogP contribution in [0.15, 0.2) is 48.9 Å². The topological polar surface area (TPSA) is 99.0 Å². The Morgan fingerprint density at radius 3 is 2.27 bits per heavy atom. The van der Waals surface area contributed by atoms with Crippen LogP contribution in [0.5, 0.6) is 5.75 Å². The summed E-state index contributed by atoms with van der Waals surface area (Å²) in [5.74, 6) is 1.66. The molecule has 1 saturated heterocycles. The van der Waals surface area contributed by atoms with Crippen molar-refractivity contribution in [1.82, 2.24) is 19.7 Å². The van der Waals surface area contributed by atoms with Crippen molar-refractivity contribution in [3.05, 3.63) is 60.0 Å². The first-order chi connectivity index (χ1) is 24.4. The molecule has 0 radical (unpaired) electrons. The SMILES string of the molecule is COc1ccc(C23CCC(CN(C(=O)C4CCC(OC(=O)N5CC(C)(OC)C5)CC4)c4cc(-c5cnn(C(C)C)c5)ccn4)(CC2)CC3)cc1C. The van der Waals surface area contributed by atoms with Crippen molar-refractivity contribution in [2.45, 2.75) is 115 Å². The lowest BCUT2D eigenvalue weighted by molar-refractivity contribution is -0.125. The number of aromatic nitrogens is 3. The van der Waals surface area contributed by atoms with Gasteiger partial charge in [-0.15, -0.1) is 0 Å².